The van der Waals surface area contributed by atoms with E-state index in [4.69, 9.17) is 0 Å². The van der Waals surface area contributed by atoms with E-state index >= 15 is 0 Å². The summed E-state index contributed by atoms with van der Waals surface area (Å²) in [6.45, 7) is 0.317. The van der Waals surface area contributed by atoms with Crippen LogP contribution in [-0.2, 0) is 19.3 Å². The van der Waals surface area contributed by atoms with Gasteiger partial charge in [-0.25, -0.2) is 18.7 Å². The number of benzene rings is 4. The van der Waals surface area contributed by atoms with Crippen molar-refractivity contribution in [1.82, 2.24) is 14.9 Å². The summed E-state index contributed by atoms with van der Waals surface area (Å²) >= 11 is 0. The van der Waals surface area contributed by atoms with Gasteiger partial charge in [-0.3, -0.25) is 4.79 Å². The van der Waals surface area contributed by atoms with Crippen molar-refractivity contribution in [3.8, 4) is 11.1 Å². The largest absolute Gasteiger partial charge is 0.416 e. The number of alkyl halides is 3. The summed E-state index contributed by atoms with van der Waals surface area (Å²) in [5.41, 5.74) is 1.60. The Kier molecular flexibility index (Phi) is 7.65. The summed E-state index contributed by atoms with van der Waals surface area (Å²) in [6, 6.07) is 21.5. The van der Waals surface area contributed by atoms with Gasteiger partial charge in [0, 0.05) is 31.1 Å². The van der Waals surface area contributed by atoms with Crippen LogP contribution in [-0.4, -0.2) is 27.8 Å². The van der Waals surface area contributed by atoms with Crippen LogP contribution in [0.1, 0.15) is 27.0 Å². The molecule has 5 rings (SSSR count). The minimum absolute atomic E-state index is 0.150. The number of hydrogen-bond acceptors (Lipinski definition) is 4. The molecule has 0 fully saturated rings. The van der Waals surface area contributed by atoms with Crippen LogP contribution in [0.5, 0.6) is 0 Å². The maximum absolute atomic E-state index is 14.8. The van der Waals surface area contributed by atoms with Crippen molar-refractivity contribution in [3.63, 3.8) is 0 Å². The number of fused-ring (bicyclic) bond motifs is 1. The maximum atomic E-state index is 14.8. The van der Waals surface area contributed by atoms with Crippen LogP contribution < -0.4 is 5.32 Å². The van der Waals surface area contributed by atoms with Crippen molar-refractivity contribution in [2.75, 3.05) is 12.4 Å². The lowest BCUT2D eigenvalue weighted by molar-refractivity contribution is -0.137. The summed E-state index contributed by atoms with van der Waals surface area (Å²) in [7, 11) is 1.32. The molecule has 0 bridgehead atoms. The van der Waals surface area contributed by atoms with Crippen molar-refractivity contribution in [1.29, 1.82) is 0 Å². The molecule has 4 aromatic carbocycles. The first-order valence-corrected chi connectivity index (χ1v) is 12.5. The van der Waals surface area contributed by atoms with Gasteiger partial charge in [-0.2, -0.15) is 13.2 Å². The van der Waals surface area contributed by atoms with E-state index in [2.05, 4.69) is 15.3 Å². The van der Waals surface area contributed by atoms with Crippen molar-refractivity contribution < 1.29 is 26.7 Å². The van der Waals surface area contributed by atoms with E-state index in [0.29, 0.717) is 29.5 Å². The fourth-order valence-electron chi connectivity index (χ4n) is 4.43. The highest BCUT2D eigenvalue weighted by Gasteiger charge is 2.32. The molecule has 0 aliphatic rings. The van der Waals surface area contributed by atoms with Gasteiger partial charge in [0.25, 0.3) is 5.91 Å². The fraction of sp³-hybridized carbons (Fsp3) is 0.129. The van der Waals surface area contributed by atoms with Gasteiger partial charge in [-0.15, -0.1) is 0 Å². The number of carbonyl (C=O) groups excluding carboxylic acids is 1. The number of aromatic nitrogens is 2. The predicted octanol–water partition coefficient (Wildman–Crippen LogP) is 7.48. The number of carbonyl (C=O) groups is 1. The number of amides is 1. The minimum atomic E-state index is -4.74. The first kappa shape index (κ1) is 27.7. The maximum Gasteiger partial charge on any atom is 0.416 e. The first-order valence-electron chi connectivity index (χ1n) is 12.5. The number of halogens is 5. The average Bonchev–Trinajstić information content (AvgIpc) is 2.96. The molecule has 1 amide bonds. The van der Waals surface area contributed by atoms with Gasteiger partial charge < -0.3 is 10.2 Å². The second-order valence-corrected chi connectivity index (χ2v) is 9.45. The molecule has 1 N–H and O–H groups in total. The molecule has 0 saturated carbocycles. The van der Waals surface area contributed by atoms with E-state index in [9.17, 15) is 26.7 Å². The van der Waals surface area contributed by atoms with Crippen LogP contribution in [0.4, 0.5) is 27.8 Å². The van der Waals surface area contributed by atoms with Crippen LogP contribution in [0, 0.1) is 11.6 Å². The monoisotopic (exact) mass is 562 g/mol. The highest BCUT2D eigenvalue weighted by Crippen LogP contribution is 2.31. The van der Waals surface area contributed by atoms with Gasteiger partial charge in [0.15, 0.2) is 0 Å². The quantitative estimate of drug-likeness (QED) is 0.209. The molecule has 0 spiro atoms. The van der Waals surface area contributed by atoms with Crippen molar-refractivity contribution in [3.05, 3.63) is 125 Å². The van der Waals surface area contributed by atoms with Crippen LogP contribution in [0.25, 0.3) is 22.0 Å². The Hall–Kier alpha value is -4.86. The van der Waals surface area contributed by atoms with Gasteiger partial charge in [-0.05, 0) is 59.2 Å². The third-order valence-electron chi connectivity index (χ3n) is 6.60. The van der Waals surface area contributed by atoms with E-state index in [1.54, 1.807) is 12.1 Å². The Morgan fingerprint density at radius 1 is 0.854 bits per heavy atom. The van der Waals surface area contributed by atoms with E-state index < -0.39 is 34.8 Å². The Morgan fingerprint density at radius 3 is 2.32 bits per heavy atom. The lowest BCUT2D eigenvalue weighted by atomic mass is 10.0. The summed E-state index contributed by atoms with van der Waals surface area (Å²) in [4.78, 5) is 22.6. The third-order valence-corrected chi connectivity index (χ3v) is 6.60. The minimum Gasteiger partial charge on any atom is -0.365 e. The highest BCUT2D eigenvalue weighted by molar-refractivity contribution is 5.94. The molecule has 1 aromatic heterocycles. The van der Waals surface area contributed by atoms with Crippen molar-refractivity contribution in [2.45, 2.75) is 19.3 Å². The first-order chi connectivity index (χ1) is 19.6. The highest BCUT2D eigenvalue weighted by atomic mass is 19.4. The number of nitrogens with zero attached hydrogens (tertiary/aromatic N) is 3. The summed E-state index contributed by atoms with van der Waals surface area (Å²) in [5.74, 6) is -2.14. The molecule has 1 heterocycles. The fourth-order valence-corrected chi connectivity index (χ4v) is 4.43. The third kappa shape index (κ3) is 6.16. The molecule has 0 aliphatic heterocycles. The SMILES string of the molecule is CN(Cc1cc(-c2ccc3ncnc(NCc4ccccc4)c3c2)ccc1F)C(=O)c1ccc(C(F)(F)F)cc1F. The van der Waals surface area contributed by atoms with E-state index in [-0.39, 0.29) is 18.2 Å². The van der Waals surface area contributed by atoms with Gasteiger partial charge in [0.2, 0.25) is 0 Å². The van der Waals surface area contributed by atoms with Gasteiger partial charge >= 0.3 is 6.18 Å². The van der Waals surface area contributed by atoms with E-state index in [0.717, 1.165) is 27.5 Å². The Labute approximate surface area is 232 Å². The molecule has 208 valence electrons. The normalized spacial score (nSPS) is 11.5. The standard InChI is InChI=1S/C31H23F5N4O/c1-40(30(41)24-10-9-23(15-27(24)33)31(34,35)36)17-22-13-20(7-11-26(22)32)21-8-12-28-25(14-21)29(39-18-38-28)37-16-19-5-3-2-4-6-19/h2-15,18H,16-17H2,1H3,(H,37,38,39). The van der Waals surface area contributed by atoms with E-state index in [1.807, 2.05) is 48.5 Å². The molecular formula is C31H23F5N4O. The van der Waals surface area contributed by atoms with Gasteiger partial charge in [-0.1, -0.05) is 42.5 Å². The zero-order valence-corrected chi connectivity index (χ0v) is 21.7. The van der Waals surface area contributed by atoms with Crippen LogP contribution in [0.2, 0.25) is 0 Å². The Morgan fingerprint density at radius 2 is 1.59 bits per heavy atom. The molecule has 0 saturated heterocycles. The number of hydrogen-bond donors (Lipinski definition) is 1. The molecule has 41 heavy (non-hydrogen) atoms. The van der Waals surface area contributed by atoms with Crippen LogP contribution in [0.15, 0.2) is 91.3 Å². The predicted molar refractivity (Wildman–Crippen MR) is 146 cm³/mol. The topological polar surface area (TPSA) is 58.1 Å². The lowest BCUT2D eigenvalue weighted by Gasteiger charge is -2.19. The number of anilines is 1. The van der Waals surface area contributed by atoms with Crippen molar-refractivity contribution >= 4 is 22.6 Å². The Bertz CT molecular complexity index is 1720. The molecule has 0 aliphatic carbocycles. The summed E-state index contributed by atoms with van der Waals surface area (Å²) in [6.07, 6.45) is -3.27. The summed E-state index contributed by atoms with van der Waals surface area (Å²) < 4.78 is 67.8. The lowest BCUT2D eigenvalue weighted by Crippen LogP contribution is -2.27. The number of nitrogens with one attached hydrogen (secondary N) is 1. The average molecular weight is 563 g/mol. The molecular weight excluding hydrogens is 539 g/mol. The zero-order chi connectivity index (χ0) is 29.1. The van der Waals surface area contributed by atoms with Crippen LogP contribution >= 0.6 is 0 Å². The second kappa shape index (κ2) is 11.3. The van der Waals surface area contributed by atoms with Gasteiger partial charge in [0.1, 0.15) is 23.8 Å². The molecule has 0 radical (unpaired) electrons. The smallest absolute Gasteiger partial charge is 0.365 e. The van der Waals surface area contributed by atoms with Crippen molar-refractivity contribution in [2.24, 2.45) is 0 Å². The van der Waals surface area contributed by atoms with E-state index in [1.165, 1.54) is 19.4 Å². The molecule has 0 unspecified atom stereocenters. The molecule has 0 atom stereocenters. The molecule has 5 aromatic rings. The zero-order valence-electron chi connectivity index (χ0n) is 21.7. The second-order valence-electron chi connectivity index (χ2n) is 9.45. The number of rotatable bonds is 7. The molecule has 5 nitrogen and oxygen atoms in total. The summed E-state index contributed by atoms with van der Waals surface area (Å²) in [5, 5.41) is 4.09. The van der Waals surface area contributed by atoms with Crippen LogP contribution in [0.3, 0.4) is 0 Å². The Balaban J connectivity index is 1.39. The van der Waals surface area contributed by atoms with Gasteiger partial charge in [0.05, 0.1) is 16.6 Å². The molecule has 10 heteroatoms.